The van der Waals surface area contributed by atoms with Crippen LogP contribution >= 0.6 is 0 Å². The molecule has 1 fully saturated rings. The molecular formula is C21H24N2O3. The molecule has 1 aliphatic heterocycles. The largest absolute Gasteiger partial charge is 0.497 e. The monoisotopic (exact) mass is 352 g/mol. The van der Waals surface area contributed by atoms with Crippen LogP contribution in [0, 0.1) is 19.8 Å². The average Bonchev–Trinajstić information content (AvgIpc) is 3.01. The van der Waals surface area contributed by atoms with Crippen LogP contribution in [0.3, 0.4) is 0 Å². The molecule has 1 unspecified atom stereocenters. The van der Waals surface area contributed by atoms with Crippen molar-refractivity contribution in [1.82, 2.24) is 5.32 Å². The standard InChI is InChI=1S/C21H24N2O3/c1-14-8-15(2)10-18(9-14)23-13-17(11-20(23)24)21(25)22-12-16-4-6-19(26-3)7-5-16/h4-10,17H,11-13H2,1-3H3,(H,22,25). The molecule has 0 radical (unpaired) electrons. The minimum absolute atomic E-state index is 0.000373. The van der Waals surface area contributed by atoms with Gasteiger partial charge >= 0.3 is 0 Å². The van der Waals surface area contributed by atoms with E-state index < -0.39 is 0 Å². The minimum atomic E-state index is -0.318. The molecule has 2 aromatic carbocycles. The minimum Gasteiger partial charge on any atom is -0.497 e. The van der Waals surface area contributed by atoms with Crippen molar-refractivity contribution >= 4 is 17.5 Å². The third-order valence-electron chi connectivity index (χ3n) is 4.64. The lowest BCUT2D eigenvalue weighted by molar-refractivity contribution is -0.126. The molecule has 1 heterocycles. The van der Waals surface area contributed by atoms with Crippen molar-refractivity contribution in [2.24, 2.45) is 5.92 Å². The van der Waals surface area contributed by atoms with E-state index in [1.54, 1.807) is 12.0 Å². The number of carbonyl (C=O) groups excluding carboxylic acids is 2. The van der Waals surface area contributed by atoms with Crippen LogP contribution in [0.15, 0.2) is 42.5 Å². The van der Waals surface area contributed by atoms with Gasteiger partial charge in [0.05, 0.1) is 13.0 Å². The Morgan fingerprint density at radius 1 is 1.15 bits per heavy atom. The highest BCUT2D eigenvalue weighted by molar-refractivity contribution is 6.00. The number of amides is 2. The number of hydrogen-bond acceptors (Lipinski definition) is 3. The lowest BCUT2D eigenvalue weighted by atomic mass is 10.1. The number of ether oxygens (including phenoxy) is 1. The normalized spacial score (nSPS) is 16.7. The van der Waals surface area contributed by atoms with Crippen molar-refractivity contribution in [3.05, 3.63) is 59.2 Å². The fraction of sp³-hybridized carbons (Fsp3) is 0.333. The second-order valence-corrected chi connectivity index (χ2v) is 6.82. The van der Waals surface area contributed by atoms with Crippen LogP contribution in [0.1, 0.15) is 23.1 Å². The third kappa shape index (κ3) is 4.04. The lowest BCUT2D eigenvalue weighted by Crippen LogP contribution is -2.32. The van der Waals surface area contributed by atoms with E-state index in [1.165, 1.54) is 0 Å². The Bertz CT molecular complexity index is 794. The molecule has 0 spiro atoms. The Morgan fingerprint density at radius 2 is 1.81 bits per heavy atom. The van der Waals surface area contributed by atoms with Gasteiger partial charge in [-0.05, 0) is 54.8 Å². The van der Waals surface area contributed by atoms with E-state index in [-0.39, 0.29) is 24.2 Å². The van der Waals surface area contributed by atoms with Crippen molar-refractivity contribution in [1.29, 1.82) is 0 Å². The van der Waals surface area contributed by atoms with Crippen LogP contribution in [0.25, 0.3) is 0 Å². The fourth-order valence-electron chi connectivity index (χ4n) is 3.32. The highest BCUT2D eigenvalue weighted by Gasteiger charge is 2.35. The first-order valence-corrected chi connectivity index (χ1v) is 8.75. The second-order valence-electron chi connectivity index (χ2n) is 6.82. The molecule has 5 nitrogen and oxygen atoms in total. The molecule has 136 valence electrons. The Balaban J connectivity index is 1.61. The van der Waals surface area contributed by atoms with Crippen LogP contribution in [0.2, 0.25) is 0 Å². The highest BCUT2D eigenvalue weighted by atomic mass is 16.5. The Morgan fingerprint density at radius 3 is 2.42 bits per heavy atom. The van der Waals surface area contributed by atoms with E-state index in [1.807, 2.05) is 50.2 Å². The molecule has 0 aliphatic carbocycles. The van der Waals surface area contributed by atoms with Crippen molar-refractivity contribution < 1.29 is 14.3 Å². The number of nitrogens with one attached hydrogen (secondary N) is 1. The van der Waals surface area contributed by atoms with Gasteiger partial charge in [-0.15, -0.1) is 0 Å². The maximum absolute atomic E-state index is 12.5. The molecular weight excluding hydrogens is 328 g/mol. The number of hydrogen-bond donors (Lipinski definition) is 1. The van der Waals surface area contributed by atoms with Crippen LogP contribution < -0.4 is 15.0 Å². The molecule has 0 saturated carbocycles. The average molecular weight is 352 g/mol. The van der Waals surface area contributed by atoms with E-state index in [0.29, 0.717) is 13.1 Å². The zero-order valence-corrected chi connectivity index (χ0v) is 15.4. The SMILES string of the molecule is COc1ccc(CNC(=O)C2CC(=O)N(c3cc(C)cc(C)c3)C2)cc1. The summed E-state index contributed by atoms with van der Waals surface area (Å²) in [6.07, 6.45) is 0.251. The van der Waals surface area contributed by atoms with Gasteiger partial charge in [-0.25, -0.2) is 0 Å². The van der Waals surface area contributed by atoms with E-state index >= 15 is 0 Å². The van der Waals surface area contributed by atoms with Gasteiger partial charge in [0.25, 0.3) is 0 Å². The molecule has 3 rings (SSSR count). The first kappa shape index (κ1) is 18.0. The summed E-state index contributed by atoms with van der Waals surface area (Å²) >= 11 is 0. The van der Waals surface area contributed by atoms with Crippen molar-refractivity contribution in [3.63, 3.8) is 0 Å². The molecule has 1 atom stereocenters. The quantitative estimate of drug-likeness (QED) is 0.900. The number of nitrogens with zero attached hydrogens (tertiary/aromatic N) is 1. The van der Waals surface area contributed by atoms with Gasteiger partial charge in [-0.3, -0.25) is 9.59 Å². The molecule has 0 bridgehead atoms. The van der Waals surface area contributed by atoms with Crippen molar-refractivity contribution in [3.8, 4) is 5.75 Å². The highest BCUT2D eigenvalue weighted by Crippen LogP contribution is 2.27. The van der Waals surface area contributed by atoms with Gasteiger partial charge in [-0.1, -0.05) is 18.2 Å². The molecule has 2 aromatic rings. The summed E-state index contributed by atoms with van der Waals surface area (Å²) in [4.78, 5) is 26.6. The first-order chi connectivity index (χ1) is 12.5. The van der Waals surface area contributed by atoms with Gasteiger partial charge < -0.3 is 15.0 Å². The maximum atomic E-state index is 12.5. The van der Waals surface area contributed by atoms with Crippen molar-refractivity contribution in [2.75, 3.05) is 18.6 Å². The first-order valence-electron chi connectivity index (χ1n) is 8.75. The van der Waals surface area contributed by atoms with E-state index in [2.05, 4.69) is 11.4 Å². The van der Waals surface area contributed by atoms with Crippen LogP contribution in [0.5, 0.6) is 5.75 Å². The van der Waals surface area contributed by atoms with E-state index in [9.17, 15) is 9.59 Å². The summed E-state index contributed by atoms with van der Waals surface area (Å²) in [5.74, 6) is 0.382. The maximum Gasteiger partial charge on any atom is 0.227 e. The number of benzene rings is 2. The third-order valence-corrected chi connectivity index (χ3v) is 4.64. The van der Waals surface area contributed by atoms with Gasteiger partial charge in [0.1, 0.15) is 5.75 Å². The smallest absolute Gasteiger partial charge is 0.227 e. The van der Waals surface area contributed by atoms with E-state index in [0.717, 1.165) is 28.1 Å². The van der Waals surface area contributed by atoms with Crippen LogP contribution in [0.4, 0.5) is 5.69 Å². The van der Waals surface area contributed by atoms with Gasteiger partial charge in [0.15, 0.2) is 0 Å². The Hall–Kier alpha value is -2.82. The van der Waals surface area contributed by atoms with Gasteiger partial charge in [0.2, 0.25) is 11.8 Å². The molecule has 1 N–H and O–H groups in total. The van der Waals surface area contributed by atoms with Gasteiger partial charge in [-0.2, -0.15) is 0 Å². The number of aryl methyl sites for hydroxylation is 2. The Labute approximate surface area is 154 Å². The molecule has 5 heteroatoms. The zero-order chi connectivity index (χ0) is 18.7. The predicted molar refractivity (Wildman–Crippen MR) is 101 cm³/mol. The van der Waals surface area contributed by atoms with Gasteiger partial charge in [0, 0.05) is 25.2 Å². The number of rotatable bonds is 5. The molecule has 1 saturated heterocycles. The summed E-state index contributed by atoms with van der Waals surface area (Å²) in [7, 11) is 1.62. The number of methoxy groups -OCH3 is 1. The summed E-state index contributed by atoms with van der Waals surface area (Å²) in [5.41, 5.74) is 4.09. The second kappa shape index (κ2) is 7.60. The lowest BCUT2D eigenvalue weighted by Gasteiger charge is -2.18. The summed E-state index contributed by atoms with van der Waals surface area (Å²) < 4.78 is 5.13. The molecule has 1 aliphatic rings. The van der Waals surface area contributed by atoms with Crippen LogP contribution in [-0.4, -0.2) is 25.5 Å². The zero-order valence-electron chi connectivity index (χ0n) is 15.4. The number of anilines is 1. The molecule has 2 amide bonds. The number of carbonyl (C=O) groups is 2. The summed E-state index contributed by atoms with van der Waals surface area (Å²) in [6, 6.07) is 13.6. The molecule has 0 aromatic heterocycles. The summed E-state index contributed by atoms with van der Waals surface area (Å²) in [6.45, 7) is 4.89. The molecule has 26 heavy (non-hydrogen) atoms. The van der Waals surface area contributed by atoms with Crippen molar-refractivity contribution in [2.45, 2.75) is 26.8 Å². The van der Waals surface area contributed by atoms with E-state index in [4.69, 9.17) is 4.74 Å². The summed E-state index contributed by atoms with van der Waals surface area (Å²) in [5, 5.41) is 2.94. The fourth-order valence-corrected chi connectivity index (χ4v) is 3.32. The predicted octanol–water partition coefficient (Wildman–Crippen LogP) is 2.98. The Kier molecular flexibility index (Phi) is 5.26. The topological polar surface area (TPSA) is 58.6 Å². The van der Waals surface area contributed by atoms with Crippen LogP contribution in [-0.2, 0) is 16.1 Å².